The minimum atomic E-state index is -2.97. The summed E-state index contributed by atoms with van der Waals surface area (Å²) in [6, 6.07) is -0.244. The molecule has 0 aromatic carbocycles. The van der Waals surface area contributed by atoms with E-state index in [0.717, 1.165) is 6.54 Å². The average Bonchev–Trinajstić information content (AvgIpc) is 2.83. The molecule has 1 fully saturated rings. The van der Waals surface area contributed by atoms with Crippen molar-refractivity contribution in [3.63, 3.8) is 0 Å². The van der Waals surface area contributed by atoms with Gasteiger partial charge < -0.3 is 16.0 Å². The molecule has 0 saturated carbocycles. The predicted octanol–water partition coefficient (Wildman–Crippen LogP) is 0.995. The van der Waals surface area contributed by atoms with Gasteiger partial charge >= 0.3 is 0 Å². The molecule has 0 aromatic rings. The number of halogens is 1. The zero-order chi connectivity index (χ0) is 18.2. The lowest BCUT2D eigenvalue weighted by atomic mass is 10.2. The average molecular weight is 506 g/mol. The summed E-state index contributed by atoms with van der Waals surface area (Å²) < 4.78 is 22.8. The zero-order valence-corrected chi connectivity index (χ0v) is 19.4. The second-order valence-electron chi connectivity index (χ2n) is 6.50. The van der Waals surface area contributed by atoms with Crippen molar-refractivity contribution in [3.8, 4) is 0 Å². The van der Waals surface area contributed by atoms with Gasteiger partial charge in [-0.3, -0.25) is 9.79 Å². The number of carbonyl (C=O) groups is 1. The molecule has 10 heteroatoms. The number of aliphatic imine (C=N–C) groups is 1. The lowest BCUT2D eigenvalue weighted by Gasteiger charge is -2.20. The molecule has 1 heterocycles. The minimum Gasteiger partial charge on any atom is -0.357 e. The van der Waals surface area contributed by atoms with Crippen molar-refractivity contribution in [1.29, 1.82) is 0 Å². The molecule has 0 aromatic heterocycles. The van der Waals surface area contributed by atoms with Crippen LogP contribution in [-0.2, 0) is 14.6 Å². The van der Waals surface area contributed by atoms with Crippen molar-refractivity contribution >= 4 is 57.4 Å². The van der Waals surface area contributed by atoms with E-state index in [0.29, 0.717) is 25.5 Å². The first-order chi connectivity index (χ1) is 11.2. The van der Waals surface area contributed by atoms with Crippen molar-refractivity contribution in [2.75, 3.05) is 37.4 Å². The van der Waals surface area contributed by atoms with Gasteiger partial charge in [-0.25, -0.2) is 8.42 Å². The van der Waals surface area contributed by atoms with Crippen LogP contribution in [0.25, 0.3) is 0 Å². The number of hydrogen-bond donors (Lipinski definition) is 3. The summed E-state index contributed by atoms with van der Waals surface area (Å²) in [5.41, 5.74) is 0. The van der Waals surface area contributed by atoms with E-state index < -0.39 is 9.84 Å². The van der Waals surface area contributed by atoms with E-state index in [4.69, 9.17) is 0 Å². The molecule has 1 amide bonds. The van der Waals surface area contributed by atoms with E-state index in [1.165, 1.54) is 0 Å². The molecule has 7 nitrogen and oxygen atoms in total. The second kappa shape index (κ2) is 11.5. The molecule has 148 valence electrons. The van der Waals surface area contributed by atoms with Gasteiger partial charge in [0, 0.05) is 30.3 Å². The maximum Gasteiger partial charge on any atom is 0.222 e. The number of amides is 1. The van der Waals surface area contributed by atoms with Crippen molar-refractivity contribution in [2.45, 2.75) is 44.4 Å². The normalized spacial score (nSPS) is 19.8. The van der Waals surface area contributed by atoms with Crippen LogP contribution in [0.5, 0.6) is 0 Å². The van der Waals surface area contributed by atoms with Crippen molar-refractivity contribution < 1.29 is 13.2 Å². The Kier molecular flexibility index (Phi) is 11.4. The minimum absolute atomic E-state index is 0. The third-order valence-electron chi connectivity index (χ3n) is 3.76. The van der Waals surface area contributed by atoms with Crippen LogP contribution < -0.4 is 16.0 Å². The van der Waals surface area contributed by atoms with E-state index in [9.17, 15) is 13.2 Å². The van der Waals surface area contributed by atoms with E-state index in [1.54, 1.807) is 11.8 Å². The molecule has 1 aliphatic heterocycles. The molecule has 1 saturated heterocycles. The topological polar surface area (TPSA) is 99.7 Å². The lowest BCUT2D eigenvalue weighted by Crippen LogP contribution is -2.41. The van der Waals surface area contributed by atoms with Crippen LogP contribution in [0.15, 0.2) is 4.99 Å². The molecule has 3 N–H and O–H groups in total. The molecule has 1 rings (SSSR count). The van der Waals surface area contributed by atoms with Crippen molar-refractivity contribution in [2.24, 2.45) is 4.99 Å². The predicted molar refractivity (Wildman–Crippen MR) is 117 cm³/mol. The molecule has 1 atom stereocenters. The Labute approximate surface area is 172 Å². The highest BCUT2D eigenvalue weighted by molar-refractivity contribution is 14.0. The Morgan fingerprint density at radius 1 is 1.32 bits per heavy atom. The van der Waals surface area contributed by atoms with Gasteiger partial charge in [0.2, 0.25) is 5.91 Å². The van der Waals surface area contributed by atoms with Crippen LogP contribution in [0.4, 0.5) is 0 Å². The molecule has 1 aliphatic rings. The van der Waals surface area contributed by atoms with Gasteiger partial charge in [0.25, 0.3) is 0 Å². The number of hydrogen-bond acceptors (Lipinski definition) is 5. The van der Waals surface area contributed by atoms with Crippen LogP contribution in [0.2, 0.25) is 0 Å². The first-order valence-electron chi connectivity index (χ1n) is 8.24. The highest BCUT2D eigenvalue weighted by Crippen LogP contribution is 2.20. The van der Waals surface area contributed by atoms with Crippen molar-refractivity contribution in [3.05, 3.63) is 0 Å². The summed E-state index contributed by atoms with van der Waals surface area (Å²) in [7, 11) is -2.97. The number of carbonyl (C=O) groups excluding carboxylic acids is 1. The summed E-state index contributed by atoms with van der Waals surface area (Å²) in [4.78, 5) is 16.4. The van der Waals surface area contributed by atoms with Gasteiger partial charge in [-0.05, 0) is 33.4 Å². The van der Waals surface area contributed by atoms with E-state index in [1.807, 2.05) is 6.92 Å². The summed E-state index contributed by atoms with van der Waals surface area (Å²) in [6.45, 7) is 8.13. The number of nitrogens with zero attached hydrogens (tertiary/aromatic N) is 1. The lowest BCUT2D eigenvalue weighted by molar-refractivity contribution is -0.121. The summed E-state index contributed by atoms with van der Waals surface area (Å²) in [5.74, 6) is 0.777. The van der Waals surface area contributed by atoms with Crippen molar-refractivity contribution in [1.82, 2.24) is 16.0 Å². The van der Waals surface area contributed by atoms with Gasteiger partial charge in [-0.15, -0.1) is 24.0 Å². The fourth-order valence-electron chi connectivity index (χ4n) is 2.18. The quantitative estimate of drug-likeness (QED) is 0.258. The number of guanidine groups is 1. The smallest absolute Gasteiger partial charge is 0.222 e. The third kappa shape index (κ3) is 10.5. The SMILES string of the molecule is CCNC(=NCC(C)(C)SC)NCCC(=O)NC1CCS(=O)(=O)C1.I. The summed E-state index contributed by atoms with van der Waals surface area (Å²) in [5, 5.41) is 9.08. The van der Waals surface area contributed by atoms with Gasteiger partial charge in [0.05, 0.1) is 18.1 Å². The monoisotopic (exact) mass is 506 g/mol. The maximum absolute atomic E-state index is 11.9. The van der Waals surface area contributed by atoms with Crippen LogP contribution in [0, 0.1) is 0 Å². The number of thioether (sulfide) groups is 1. The maximum atomic E-state index is 11.9. The molecule has 1 unspecified atom stereocenters. The van der Waals surface area contributed by atoms with Gasteiger partial charge in [0.15, 0.2) is 15.8 Å². The summed E-state index contributed by atoms with van der Waals surface area (Å²) in [6.07, 6.45) is 2.85. The third-order valence-corrected chi connectivity index (χ3v) is 6.76. The molecule has 0 radical (unpaired) electrons. The van der Waals surface area contributed by atoms with E-state index in [2.05, 4.69) is 41.0 Å². The molecule has 0 bridgehead atoms. The van der Waals surface area contributed by atoms with E-state index in [-0.39, 0.29) is 58.6 Å². The molecular weight excluding hydrogens is 475 g/mol. The zero-order valence-electron chi connectivity index (χ0n) is 15.4. The van der Waals surface area contributed by atoms with Crippen LogP contribution in [-0.4, -0.2) is 68.5 Å². The fourth-order valence-corrected chi connectivity index (χ4v) is 4.05. The number of nitrogens with one attached hydrogen (secondary N) is 3. The molecular formula is C15H31IN4O3S2. The van der Waals surface area contributed by atoms with Crippen LogP contribution in [0.3, 0.4) is 0 Å². The Hall–Kier alpha value is -0.230. The fraction of sp³-hybridized carbons (Fsp3) is 0.867. The van der Waals surface area contributed by atoms with E-state index >= 15 is 0 Å². The summed E-state index contributed by atoms with van der Waals surface area (Å²) >= 11 is 1.76. The standard InChI is InChI=1S/C15H30N4O3S2.HI/c1-5-16-14(18-11-15(2,3)23-4)17-8-6-13(20)19-12-7-9-24(21,22)10-12;/h12H,5-11H2,1-4H3,(H,19,20)(H2,16,17,18);1H. The Bertz CT molecular complexity index is 553. The molecule has 25 heavy (non-hydrogen) atoms. The molecule has 0 spiro atoms. The first kappa shape index (κ1) is 24.8. The van der Waals surface area contributed by atoms with Gasteiger partial charge in [-0.2, -0.15) is 11.8 Å². The first-order valence-corrected chi connectivity index (χ1v) is 11.3. The second-order valence-corrected chi connectivity index (χ2v) is 10.2. The molecule has 0 aliphatic carbocycles. The van der Waals surface area contributed by atoms with Gasteiger partial charge in [0.1, 0.15) is 0 Å². The number of sulfone groups is 1. The largest absolute Gasteiger partial charge is 0.357 e. The Morgan fingerprint density at radius 2 is 2.00 bits per heavy atom. The Balaban J connectivity index is 0.00000576. The Morgan fingerprint density at radius 3 is 2.52 bits per heavy atom. The van der Waals surface area contributed by atoms with Crippen LogP contribution >= 0.6 is 35.7 Å². The van der Waals surface area contributed by atoms with Gasteiger partial charge in [-0.1, -0.05) is 0 Å². The van der Waals surface area contributed by atoms with Crippen LogP contribution in [0.1, 0.15) is 33.6 Å². The number of rotatable bonds is 8. The highest BCUT2D eigenvalue weighted by atomic mass is 127. The highest BCUT2D eigenvalue weighted by Gasteiger charge is 2.28.